The summed E-state index contributed by atoms with van der Waals surface area (Å²) >= 11 is 12.4. The van der Waals surface area contributed by atoms with Crippen LogP contribution < -0.4 is 16.8 Å². The summed E-state index contributed by atoms with van der Waals surface area (Å²) in [6, 6.07) is 11.4. The smallest absolute Gasteiger partial charge is 0.286 e. The van der Waals surface area contributed by atoms with Gasteiger partial charge in [-0.25, -0.2) is 4.98 Å². The van der Waals surface area contributed by atoms with Gasteiger partial charge in [0.2, 0.25) is 17.7 Å². The number of carbonyl (C=O) groups is 2. The van der Waals surface area contributed by atoms with Crippen molar-refractivity contribution in [1.29, 1.82) is 0 Å². The van der Waals surface area contributed by atoms with Gasteiger partial charge in [-0.2, -0.15) is 9.97 Å². The molecule has 2 aromatic carbocycles. The first-order valence-corrected chi connectivity index (χ1v) is 8.73. The number of nitrogens with one attached hydrogen (secondary N) is 1. The molecule has 142 valence electrons. The van der Waals surface area contributed by atoms with Crippen LogP contribution in [0, 0.1) is 0 Å². The molecular formula is C18H14Cl2N6O2. The third-order valence-electron chi connectivity index (χ3n) is 3.72. The lowest BCUT2D eigenvalue weighted by molar-refractivity contribution is 0.0985. The lowest BCUT2D eigenvalue weighted by Crippen LogP contribution is -2.18. The molecule has 0 spiro atoms. The van der Waals surface area contributed by atoms with E-state index < -0.39 is 11.8 Å². The summed E-state index contributed by atoms with van der Waals surface area (Å²) in [4.78, 5) is 35.1. The number of rotatable bonds is 6. The highest BCUT2D eigenvalue weighted by Gasteiger charge is 2.14. The lowest BCUT2D eigenvalue weighted by Gasteiger charge is -2.10. The number of nitrogens with zero attached hydrogens (tertiary/aromatic N) is 3. The lowest BCUT2D eigenvalue weighted by atomic mass is 10.1. The molecule has 0 aliphatic carbocycles. The van der Waals surface area contributed by atoms with Crippen molar-refractivity contribution in [3.63, 3.8) is 0 Å². The second-order valence-corrected chi connectivity index (χ2v) is 6.52. The molecule has 10 heteroatoms. The number of halogens is 2. The van der Waals surface area contributed by atoms with Crippen molar-refractivity contribution in [1.82, 2.24) is 15.0 Å². The van der Waals surface area contributed by atoms with Gasteiger partial charge in [0, 0.05) is 27.7 Å². The maximum Gasteiger partial charge on any atom is 0.286 e. The summed E-state index contributed by atoms with van der Waals surface area (Å²) in [7, 11) is 0. The molecule has 28 heavy (non-hydrogen) atoms. The van der Waals surface area contributed by atoms with E-state index in [-0.39, 0.29) is 24.0 Å². The summed E-state index contributed by atoms with van der Waals surface area (Å²) in [6.07, 6.45) is 0.177. The average molecular weight is 417 g/mol. The molecule has 1 aromatic heterocycles. The monoisotopic (exact) mass is 416 g/mol. The number of primary amides is 2. The Kier molecular flexibility index (Phi) is 5.72. The maximum atomic E-state index is 11.6. The van der Waals surface area contributed by atoms with E-state index in [1.807, 2.05) is 0 Å². The molecule has 0 aliphatic rings. The van der Waals surface area contributed by atoms with Crippen LogP contribution in [0.2, 0.25) is 10.0 Å². The van der Waals surface area contributed by atoms with E-state index >= 15 is 0 Å². The molecule has 3 rings (SSSR count). The maximum absolute atomic E-state index is 11.6. The summed E-state index contributed by atoms with van der Waals surface area (Å²) in [5, 5.41) is 3.83. The highest BCUT2D eigenvalue weighted by molar-refractivity contribution is 6.36. The van der Waals surface area contributed by atoms with Crippen molar-refractivity contribution >= 4 is 46.7 Å². The number of carbonyl (C=O) groups excluding carboxylic acids is 2. The van der Waals surface area contributed by atoms with Gasteiger partial charge in [-0.1, -0.05) is 29.3 Å². The highest BCUT2D eigenvalue weighted by Crippen LogP contribution is 2.26. The number of benzene rings is 2. The van der Waals surface area contributed by atoms with E-state index in [1.165, 1.54) is 0 Å². The number of anilines is 2. The van der Waals surface area contributed by atoms with Gasteiger partial charge in [-0.3, -0.25) is 9.59 Å². The Bertz CT molecular complexity index is 1040. The summed E-state index contributed by atoms with van der Waals surface area (Å²) in [5.74, 6) is -1.18. The van der Waals surface area contributed by atoms with E-state index in [0.29, 0.717) is 26.9 Å². The molecule has 0 saturated carbocycles. The Morgan fingerprint density at radius 3 is 2.11 bits per heavy atom. The van der Waals surface area contributed by atoms with E-state index in [2.05, 4.69) is 20.3 Å². The zero-order valence-electron chi connectivity index (χ0n) is 14.3. The van der Waals surface area contributed by atoms with Gasteiger partial charge < -0.3 is 16.8 Å². The van der Waals surface area contributed by atoms with Crippen molar-refractivity contribution in [3.05, 3.63) is 75.3 Å². The fraction of sp³-hybridized carbons (Fsp3) is 0.0556. The van der Waals surface area contributed by atoms with Crippen LogP contribution in [-0.4, -0.2) is 26.8 Å². The van der Waals surface area contributed by atoms with Crippen molar-refractivity contribution in [2.45, 2.75) is 6.42 Å². The molecule has 0 aliphatic heterocycles. The molecule has 3 aromatic rings. The van der Waals surface area contributed by atoms with Gasteiger partial charge >= 0.3 is 0 Å². The topological polar surface area (TPSA) is 137 Å². The first-order chi connectivity index (χ1) is 13.3. The van der Waals surface area contributed by atoms with E-state index in [4.69, 9.17) is 34.7 Å². The zero-order valence-corrected chi connectivity index (χ0v) is 15.8. The summed E-state index contributed by atoms with van der Waals surface area (Å²) < 4.78 is 0. The van der Waals surface area contributed by atoms with Crippen LogP contribution in [0.3, 0.4) is 0 Å². The van der Waals surface area contributed by atoms with Crippen molar-refractivity contribution < 1.29 is 9.59 Å². The Morgan fingerprint density at radius 2 is 1.54 bits per heavy atom. The molecule has 0 fully saturated rings. The molecule has 0 unspecified atom stereocenters. The van der Waals surface area contributed by atoms with Gasteiger partial charge in [0.1, 0.15) is 5.82 Å². The fourth-order valence-electron chi connectivity index (χ4n) is 2.37. The van der Waals surface area contributed by atoms with Crippen LogP contribution in [0.5, 0.6) is 0 Å². The molecule has 0 radical (unpaired) electrons. The van der Waals surface area contributed by atoms with E-state index in [1.54, 1.807) is 42.5 Å². The summed E-state index contributed by atoms with van der Waals surface area (Å²) in [5.41, 5.74) is 12.1. The van der Waals surface area contributed by atoms with Gasteiger partial charge in [-0.15, -0.1) is 0 Å². The normalized spacial score (nSPS) is 10.5. The fourth-order valence-corrected chi connectivity index (χ4v) is 2.90. The van der Waals surface area contributed by atoms with E-state index in [9.17, 15) is 9.59 Å². The van der Waals surface area contributed by atoms with Crippen LogP contribution >= 0.6 is 23.2 Å². The third-order valence-corrected chi connectivity index (χ3v) is 4.43. The first kappa shape index (κ1) is 19.5. The molecule has 0 saturated heterocycles. The van der Waals surface area contributed by atoms with Crippen molar-refractivity contribution in [2.75, 3.05) is 5.32 Å². The Morgan fingerprint density at radius 1 is 0.893 bits per heavy atom. The third kappa shape index (κ3) is 4.54. The largest absolute Gasteiger partial charge is 0.366 e. The standard InChI is InChI=1S/C18H14Cl2N6O2/c19-12-2-1-3-13(20)11(12)8-14-24-17(16(22)28)26-18(25-14)23-10-6-4-9(5-7-10)15(21)27/h1-7H,8H2,(H2,21,27)(H2,22,28)(H,23,24,25,26). The van der Waals surface area contributed by atoms with Crippen molar-refractivity contribution in [3.8, 4) is 0 Å². The van der Waals surface area contributed by atoms with Crippen LogP contribution in [0.25, 0.3) is 0 Å². The minimum absolute atomic E-state index is 0.105. The second-order valence-electron chi connectivity index (χ2n) is 5.71. The predicted molar refractivity (Wildman–Crippen MR) is 106 cm³/mol. The molecule has 0 bridgehead atoms. The minimum atomic E-state index is -0.805. The molecule has 5 N–H and O–H groups in total. The Balaban J connectivity index is 1.93. The number of aromatic nitrogens is 3. The molecule has 1 heterocycles. The first-order valence-electron chi connectivity index (χ1n) is 7.98. The second kappa shape index (κ2) is 8.20. The van der Waals surface area contributed by atoms with Gasteiger partial charge in [0.05, 0.1) is 0 Å². The highest BCUT2D eigenvalue weighted by atomic mass is 35.5. The van der Waals surface area contributed by atoms with Gasteiger partial charge in [-0.05, 0) is 42.0 Å². The molecule has 2 amide bonds. The molecule has 0 atom stereocenters. The minimum Gasteiger partial charge on any atom is -0.366 e. The number of amides is 2. The average Bonchev–Trinajstić information content (AvgIpc) is 2.65. The summed E-state index contributed by atoms with van der Waals surface area (Å²) in [6.45, 7) is 0. The zero-order chi connectivity index (χ0) is 20.3. The van der Waals surface area contributed by atoms with Crippen molar-refractivity contribution in [2.24, 2.45) is 11.5 Å². The van der Waals surface area contributed by atoms with Crippen LogP contribution in [-0.2, 0) is 6.42 Å². The number of nitrogens with two attached hydrogens (primary N) is 2. The molecule has 8 nitrogen and oxygen atoms in total. The predicted octanol–water partition coefficient (Wildman–Crippen LogP) is 2.71. The Hall–Kier alpha value is -3.23. The molecular weight excluding hydrogens is 403 g/mol. The number of hydrogen-bond acceptors (Lipinski definition) is 6. The van der Waals surface area contributed by atoms with Crippen LogP contribution in [0.1, 0.15) is 32.4 Å². The van der Waals surface area contributed by atoms with Gasteiger partial charge in [0.15, 0.2) is 0 Å². The van der Waals surface area contributed by atoms with Crippen LogP contribution in [0.15, 0.2) is 42.5 Å². The van der Waals surface area contributed by atoms with Crippen LogP contribution in [0.4, 0.5) is 11.6 Å². The van der Waals surface area contributed by atoms with Gasteiger partial charge in [0.25, 0.3) is 5.91 Å². The SMILES string of the molecule is NC(=O)c1ccc(Nc2nc(Cc3c(Cl)cccc3Cl)nc(C(N)=O)n2)cc1. The van der Waals surface area contributed by atoms with E-state index in [0.717, 1.165) is 0 Å². The Labute approximate surface area is 169 Å². The quantitative estimate of drug-likeness (QED) is 0.564. The number of hydrogen-bond donors (Lipinski definition) is 3.